The minimum absolute atomic E-state index is 0.716. The van der Waals surface area contributed by atoms with Gasteiger partial charge in [-0.25, -0.2) is 0 Å². The second-order valence-electron chi connectivity index (χ2n) is 3.88. The number of thioether (sulfide) groups is 1. The Labute approximate surface area is 80.7 Å². The molecule has 0 amide bonds. The van der Waals surface area contributed by atoms with Crippen molar-refractivity contribution in [3.8, 4) is 0 Å². The van der Waals surface area contributed by atoms with E-state index in [1.165, 1.54) is 25.8 Å². The standard InChI is InChI=1S/C10H21NS/c1-4-5-8(2)10-11-7-6-9(3)12-10/h8-11H,4-7H2,1-3H3. The molecule has 0 spiro atoms. The third-order valence-electron chi connectivity index (χ3n) is 2.54. The fourth-order valence-corrected chi connectivity index (χ4v) is 3.11. The molecule has 12 heavy (non-hydrogen) atoms. The molecular weight excluding hydrogens is 166 g/mol. The summed E-state index contributed by atoms with van der Waals surface area (Å²) in [6.07, 6.45) is 4.01. The molecule has 1 N–H and O–H groups in total. The molecule has 0 aromatic carbocycles. The second-order valence-corrected chi connectivity index (χ2v) is 5.46. The first-order valence-corrected chi connectivity index (χ1v) is 6.07. The van der Waals surface area contributed by atoms with Crippen LogP contribution in [-0.2, 0) is 0 Å². The van der Waals surface area contributed by atoms with Gasteiger partial charge in [0, 0.05) is 5.25 Å². The van der Waals surface area contributed by atoms with Crippen LogP contribution in [0.2, 0.25) is 0 Å². The molecule has 2 heteroatoms. The fourth-order valence-electron chi connectivity index (χ4n) is 1.74. The third-order valence-corrected chi connectivity index (χ3v) is 4.16. The van der Waals surface area contributed by atoms with E-state index in [9.17, 15) is 0 Å². The quantitative estimate of drug-likeness (QED) is 0.729. The number of nitrogens with one attached hydrogen (secondary N) is 1. The molecule has 1 rings (SSSR count). The summed E-state index contributed by atoms with van der Waals surface area (Å²) in [6.45, 7) is 8.20. The summed E-state index contributed by atoms with van der Waals surface area (Å²) < 4.78 is 0. The molecule has 0 aliphatic carbocycles. The van der Waals surface area contributed by atoms with Crippen molar-refractivity contribution in [1.82, 2.24) is 5.32 Å². The Morgan fingerprint density at radius 3 is 2.92 bits per heavy atom. The van der Waals surface area contributed by atoms with E-state index >= 15 is 0 Å². The third kappa shape index (κ3) is 2.98. The number of rotatable bonds is 3. The van der Waals surface area contributed by atoms with Crippen LogP contribution in [0.25, 0.3) is 0 Å². The van der Waals surface area contributed by atoms with Crippen molar-refractivity contribution in [2.24, 2.45) is 5.92 Å². The zero-order valence-electron chi connectivity index (χ0n) is 8.47. The predicted molar refractivity (Wildman–Crippen MR) is 57.5 cm³/mol. The Bertz CT molecular complexity index is 127. The SMILES string of the molecule is CCCC(C)C1NCCC(C)S1. The van der Waals surface area contributed by atoms with Crippen LogP contribution in [0.1, 0.15) is 40.0 Å². The van der Waals surface area contributed by atoms with E-state index in [2.05, 4.69) is 37.8 Å². The van der Waals surface area contributed by atoms with Crippen molar-refractivity contribution in [2.45, 2.75) is 50.7 Å². The maximum absolute atomic E-state index is 3.60. The summed E-state index contributed by atoms with van der Waals surface area (Å²) in [7, 11) is 0. The molecular formula is C10H21NS. The second kappa shape index (κ2) is 5.13. The van der Waals surface area contributed by atoms with Gasteiger partial charge >= 0.3 is 0 Å². The molecule has 1 fully saturated rings. The first-order valence-electron chi connectivity index (χ1n) is 5.13. The van der Waals surface area contributed by atoms with E-state index in [4.69, 9.17) is 0 Å². The van der Waals surface area contributed by atoms with Crippen LogP contribution in [0.15, 0.2) is 0 Å². The maximum Gasteiger partial charge on any atom is 0.0560 e. The monoisotopic (exact) mass is 187 g/mol. The van der Waals surface area contributed by atoms with Gasteiger partial charge in [-0.3, -0.25) is 0 Å². The highest BCUT2D eigenvalue weighted by Crippen LogP contribution is 2.29. The highest BCUT2D eigenvalue weighted by atomic mass is 32.2. The van der Waals surface area contributed by atoms with Gasteiger partial charge in [0.1, 0.15) is 0 Å². The van der Waals surface area contributed by atoms with E-state index in [1.54, 1.807) is 0 Å². The lowest BCUT2D eigenvalue weighted by Gasteiger charge is -2.32. The number of hydrogen-bond donors (Lipinski definition) is 1. The molecule has 0 aromatic heterocycles. The Morgan fingerprint density at radius 1 is 1.58 bits per heavy atom. The molecule has 1 saturated heterocycles. The average molecular weight is 187 g/mol. The van der Waals surface area contributed by atoms with Gasteiger partial charge < -0.3 is 5.32 Å². The minimum atomic E-state index is 0.716. The zero-order chi connectivity index (χ0) is 8.97. The first kappa shape index (κ1) is 10.4. The molecule has 0 saturated carbocycles. The van der Waals surface area contributed by atoms with E-state index in [1.807, 2.05) is 0 Å². The fraction of sp³-hybridized carbons (Fsp3) is 1.00. The van der Waals surface area contributed by atoms with E-state index < -0.39 is 0 Å². The van der Waals surface area contributed by atoms with Gasteiger partial charge in [-0.05, 0) is 25.3 Å². The van der Waals surface area contributed by atoms with Crippen LogP contribution in [0.5, 0.6) is 0 Å². The van der Waals surface area contributed by atoms with Crippen molar-refractivity contribution < 1.29 is 0 Å². The molecule has 1 heterocycles. The van der Waals surface area contributed by atoms with Crippen LogP contribution in [-0.4, -0.2) is 17.2 Å². The van der Waals surface area contributed by atoms with E-state index in [0.717, 1.165) is 11.2 Å². The lowest BCUT2D eigenvalue weighted by atomic mass is 10.1. The summed E-state index contributed by atoms with van der Waals surface area (Å²) >= 11 is 2.12. The normalized spacial score (nSPS) is 33.2. The molecule has 1 nitrogen and oxygen atoms in total. The smallest absolute Gasteiger partial charge is 0.0560 e. The molecule has 0 radical (unpaired) electrons. The molecule has 0 bridgehead atoms. The largest absolute Gasteiger partial charge is 0.305 e. The van der Waals surface area contributed by atoms with Gasteiger partial charge in [0.2, 0.25) is 0 Å². The van der Waals surface area contributed by atoms with Crippen LogP contribution in [0.3, 0.4) is 0 Å². The van der Waals surface area contributed by atoms with Crippen molar-refractivity contribution in [3.63, 3.8) is 0 Å². The molecule has 3 unspecified atom stereocenters. The van der Waals surface area contributed by atoms with Gasteiger partial charge in [-0.2, -0.15) is 0 Å². The summed E-state index contributed by atoms with van der Waals surface area (Å²) in [6, 6.07) is 0. The Hall–Kier alpha value is 0.310. The highest BCUT2D eigenvalue weighted by Gasteiger charge is 2.22. The zero-order valence-corrected chi connectivity index (χ0v) is 9.29. The summed E-state index contributed by atoms with van der Waals surface area (Å²) in [5.41, 5.74) is 0. The van der Waals surface area contributed by atoms with Gasteiger partial charge in [0.15, 0.2) is 0 Å². The average Bonchev–Trinajstić information content (AvgIpc) is 2.05. The molecule has 72 valence electrons. The van der Waals surface area contributed by atoms with Crippen molar-refractivity contribution >= 4 is 11.8 Å². The van der Waals surface area contributed by atoms with Crippen LogP contribution in [0.4, 0.5) is 0 Å². The molecule has 1 aliphatic rings. The maximum atomic E-state index is 3.60. The molecule has 1 aliphatic heterocycles. The van der Waals surface area contributed by atoms with Crippen molar-refractivity contribution in [2.75, 3.05) is 6.54 Å². The summed E-state index contributed by atoms with van der Waals surface area (Å²) in [5.74, 6) is 0.836. The summed E-state index contributed by atoms with van der Waals surface area (Å²) in [4.78, 5) is 0. The van der Waals surface area contributed by atoms with Crippen LogP contribution in [0, 0.1) is 5.92 Å². The molecule has 0 aromatic rings. The highest BCUT2D eigenvalue weighted by molar-refractivity contribution is 8.00. The predicted octanol–water partition coefficient (Wildman–Crippen LogP) is 2.86. The lowest BCUT2D eigenvalue weighted by molar-refractivity contribution is 0.430. The summed E-state index contributed by atoms with van der Waals surface area (Å²) in [5, 5.41) is 5.17. The first-order chi connectivity index (χ1) is 5.74. The van der Waals surface area contributed by atoms with Crippen molar-refractivity contribution in [3.05, 3.63) is 0 Å². The Balaban J connectivity index is 2.29. The Kier molecular flexibility index (Phi) is 4.44. The number of hydrogen-bond acceptors (Lipinski definition) is 2. The minimum Gasteiger partial charge on any atom is -0.305 e. The van der Waals surface area contributed by atoms with Gasteiger partial charge in [0.25, 0.3) is 0 Å². The van der Waals surface area contributed by atoms with E-state index in [0.29, 0.717) is 5.37 Å². The topological polar surface area (TPSA) is 12.0 Å². The van der Waals surface area contributed by atoms with Crippen LogP contribution >= 0.6 is 11.8 Å². The lowest BCUT2D eigenvalue weighted by Crippen LogP contribution is -2.39. The van der Waals surface area contributed by atoms with Gasteiger partial charge in [-0.15, -0.1) is 11.8 Å². The Morgan fingerprint density at radius 2 is 2.33 bits per heavy atom. The van der Waals surface area contributed by atoms with Gasteiger partial charge in [-0.1, -0.05) is 27.2 Å². The van der Waals surface area contributed by atoms with Crippen molar-refractivity contribution in [1.29, 1.82) is 0 Å². The van der Waals surface area contributed by atoms with Crippen LogP contribution < -0.4 is 5.32 Å². The van der Waals surface area contributed by atoms with E-state index in [-0.39, 0.29) is 0 Å². The molecule has 3 atom stereocenters. The van der Waals surface area contributed by atoms with Gasteiger partial charge in [0.05, 0.1) is 5.37 Å².